The summed E-state index contributed by atoms with van der Waals surface area (Å²) in [5.74, 6) is -0.676. The van der Waals surface area contributed by atoms with Gasteiger partial charge >= 0.3 is 5.97 Å². The van der Waals surface area contributed by atoms with Crippen molar-refractivity contribution in [3.63, 3.8) is 0 Å². The first-order valence-electron chi connectivity index (χ1n) is 3.68. The summed E-state index contributed by atoms with van der Waals surface area (Å²) in [6, 6.07) is 0. The lowest BCUT2D eigenvalue weighted by Crippen LogP contribution is -2.44. The van der Waals surface area contributed by atoms with Gasteiger partial charge in [-0.2, -0.15) is 0 Å². The number of carboxylic acid groups (broad SMARTS) is 1. The molecule has 4 heteroatoms. The molecule has 0 unspecified atom stereocenters. The van der Waals surface area contributed by atoms with Crippen LogP contribution in [0.1, 0.15) is 12.8 Å². The van der Waals surface area contributed by atoms with E-state index in [9.17, 15) is 4.79 Å². The average Bonchev–Trinajstić information content (AvgIpc) is 2.12. The first-order chi connectivity index (χ1) is 4.62. The van der Waals surface area contributed by atoms with E-state index < -0.39 is 5.97 Å². The molecule has 1 aliphatic rings. The van der Waals surface area contributed by atoms with E-state index in [-0.39, 0.29) is 12.4 Å². The maximum Gasteiger partial charge on any atom is 0.359 e. The molecule has 1 fully saturated rings. The molecule has 1 saturated heterocycles. The van der Waals surface area contributed by atoms with Gasteiger partial charge in [0.1, 0.15) is 0 Å². The second-order valence-electron chi connectivity index (χ2n) is 3.33. The summed E-state index contributed by atoms with van der Waals surface area (Å²) in [4.78, 5) is 10.3. The zero-order valence-corrected chi connectivity index (χ0v) is 7.56. The van der Waals surface area contributed by atoms with E-state index in [1.165, 1.54) is 12.8 Å². The van der Waals surface area contributed by atoms with Crippen LogP contribution in [0, 0.1) is 0 Å². The van der Waals surface area contributed by atoms with Gasteiger partial charge in [-0.05, 0) is 0 Å². The van der Waals surface area contributed by atoms with Crippen LogP contribution in [0.25, 0.3) is 0 Å². The van der Waals surface area contributed by atoms with E-state index in [1.807, 2.05) is 7.05 Å². The van der Waals surface area contributed by atoms with Gasteiger partial charge in [0.15, 0.2) is 6.54 Å². The number of nitrogens with zero attached hydrogens (tertiary/aromatic N) is 1. The van der Waals surface area contributed by atoms with Crippen molar-refractivity contribution in [1.29, 1.82) is 0 Å². The van der Waals surface area contributed by atoms with E-state index in [0.717, 1.165) is 17.6 Å². The average molecular weight is 181 g/mol. The number of halogens is 1. The molecule has 1 aliphatic heterocycles. The van der Waals surface area contributed by atoms with Crippen LogP contribution in [0.5, 0.6) is 0 Å². The fourth-order valence-electron chi connectivity index (χ4n) is 1.58. The molecule has 3 nitrogen and oxygen atoms in total. The molecule has 0 saturated carbocycles. The van der Waals surface area contributed by atoms with E-state index in [1.54, 1.807) is 0 Å². The molecular formula is C7H15ClNO2+. The van der Waals surface area contributed by atoms with Crippen molar-refractivity contribution in [2.45, 2.75) is 12.8 Å². The Hall–Kier alpha value is -0.280. The summed E-state index contributed by atoms with van der Waals surface area (Å²) in [5, 5.41) is 8.52. The summed E-state index contributed by atoms with van der Waals surface area (Å²) in [6.45, 7) is 2.36. The number of carbonyl (C=O) groups is 1. The van der Waals surface area contributed by atoms with Crippen molar-refractivity contribution < 1.29 is 14.4 Å². The van der Waals surface area contributed by atoms with Gasteiger partial charge in [0.05, 0.1) is 20.1 Å². The minimum Gasteiger partial charge on any atom is -0.477 e. The van der Waals surface area contributed by atoms with Crippen LogP contribution in [0.4, 0.5) is 0 Å². The zero-order chi connectivity index (χ0) is 7.61. The minimum atomic E-state index is -0.676. The number of likely N-dealkylation sites (N-methyl/N-ethyl adjacent to an activating group) is 1. The van der Waals surface area contributed by atoms with Gasteiger partial charge in [0.2, 0.25) is 0 Å². The van der Waals surface area contributed by atoms with Gasteiger partial charge < -0.3 is 9.59 Å². The Bertz CT molecular complexity index is 143. The van der Waals surface area contributed by atoms with Crippen molar-refractivity contribution in [3.05, 3.63) is 0 Å². The topological polar surface area (TPSA) is 37.3 Å². The highest BCUT2D eigenvalue weighted by atomic mass is 35.5. The van der Waals surface area contributed by atoms with E-state index >= 15 is 0 Å². The lowest BCUT2D eigenvalue weighted by atomic mass is 10.4. The van der Waals surface area contributed by atoms with Crippen molar-refractivity contribution in [2.24, 2.45) is 0 Å². The second kappa shape index (κ2) is 3.93. The number of carboxylic acids is 1. The summed E-state index contributed by atoms with van der Waals surface area (Å²) >= 11 is 0. The highest BCUT2D eigenvalue weighted by Crippen LogP contribution is 2.14. The number of hydrogen-bond acceptors (Lipinski definition) is 1. The zero-order valence-electron chi connectivity index (χ0n) is 6.75. The smallest absolute Gasteiger partial charge is 0.359 e. The van der Waals surface area contributed by atoms with Crippen LogP contribution in [0.15, 0.2) is 0 Å². The molecule has 0 amide bonds. The second-order valence-corrected chi connectivity index (χ2v) is 3.33. The van der Waals surface area contributed by atoms with Crippen LogP contribution in [-0.2, 0) is 4.79 Å². The molecule has 0 radical (unpaired) electrons. The Balaban J connectivity index is 0.000001000. The molecule has 0 aromatic carbocycles. The molecule has 0 atom stereocenters. The molecule has 0 aromatic heterocycles. The number of rotatable bonds is 2. The number of likely N-dealkylation sites (tertiary alicyclic amines) is 1. The molecule has 1 N–H and O–H groups in total. The normalized spacial score (nSPS) is 20.8. The van der Waals surface area contributed by atoms with Gasteiger partial charge in [0, 0.05) is 12.8 Å². The fourth-order valence-corrected chi connectivity index (χ4v) is 1.58. The largest absolute Gasteiger partial charge is 0.477 e. The molecule has 1 rings (SSSR count). The lowest BCUT2D eigenvalue weighted by molar-refractivity contribution is -0.890. The van der Waals surface area contributed by atoms with Crippen LogP contribution in [0.3, 0.4) is 0 Å². The summed E-state index contributed by atoms with van der Waals surface area (Å²) in [5.41, 5.74) is 0. The van der Waals surface area contributed by atoms with Crippen LogP contribution in [-0.4, -0.2) is 42.2 Å². The molecule has 1 heterocycles. The van der Waals surface area contributed by atoms with E-state index in [0.29, 0.717) is 6.54 Å². The molecule has 0 aliphatic carbocycles. The predicted molar refractivity (Wildman–Crippen MR) is 44.9 cm³/mol. The van der Waals surface area contributed by atoms with Gasteiger partial charge in [-0.1, -0.05) is 0 Å². The van der Waals surface area contributed by atoms with E-state index in [2.05, 4.69) is 0 Å². The summed E-state index contributed by atoms with van der Waals surface area (Å²) in [6.07, 6.45) is 2.37. The molecule has 0 spiro atoms. The number of hydrogen-bond donors (Lipinski definition) is 1. The first-order valence-corrected chi connectivity index (χ1v) is 3.68. The van der Waals surface area contributed by atoms with Gasteiger partial charge in [-0.3, -0.25) is 0 Å². The molecule has 0 aromatic rings. The number of quaternary nitrogens is 1. The minimum absolute atomic E-state index is 0. The van der Waals surface area contributed by atoms with Crippen molar-refractivity contribution in [3.8, 4) is 0 Å². The third kappa shape index (κ3) is 3.08. The van der Waals surface area contributed by atoms with Crippen LogP contribution >= 0.6 is 12.4 Å². The number of aliphatic carboxylic acids is 1. The van der Waals surface area contributed by atoms with E-state index in [4.69, 9.17) is 5.11 Å². The predicted octanol–water partition coefficient (Wildman–Crippen LogP) is 0.733. The van der Waals surface area contributed by atoms with Crippen molar-refractivity contribution in [1.82, 2.24) is 0 Å². The quantitative estimate of drug-likeness (QED) is 0.637. The highest BCUT2D eigenvalue weighted by Gasteiger charge is 2.28. The van der Waals surface area contributed by atoms with Crippen LogP contribution < -0.4 is 0 Å². The first kappa shape index (κ1) is 10.7. The fraction of sp³-hybridized carbons (Fsp3) is 0.857. The Morgan fingerprint density at radius 3 is 2.27 bits per heavy atom. The monoisotopic (exact) mass is 180 g/mol. The van der Waals surface area contributed by atoms with Gasteiger partial charge in [0.25, 0.3) is 0 Å². The third-order valence-corrected chi connectivity index (χ3v) is 2.16. The maximum atomic E-state index is 10.3. The van der Waals surface area contributed by atoms with Crippen molar-refractivity contribution >= 4 is 18.4 Å². The van der Waals surface area contributed by atoms with Gasteiger partial charge in [-0.15, -0.1) is 12.4 Å². The van der Waals surface area contributed by atoms with Crippen molar-refractivity contribution in [2.75, 3.05) is 26.7 Å². The summed E-state index contributed by atoms with van der Waals surface area (Å²) in [7, 11) is 2.02. The third-order valence-electron chi connectivity index (χ3n) is 2.16. The Kier molecular flexibility index (Phi) is 3.83. The highest BCUT2D eigenvalue weighted by molar-refractivity contribution is 5.85. The molecule has 0 bridgehead atoms. The SMILES string of the molecule is C[N+]1(CC(=O)O)CCCC1.Cl. The van der Waals surface area contributed by atoms with Gasteiger partial charge in [-0.25, -0.2) is 4.79 Å². The Morgan fingerprint density at radius 2 is 1.91 bits per heavy atom. The summed E-state index contributed by atoms with van der Waals surface area (Å²) < 4.78 is 0.731. The Labute approximate surface area is 73.0 Å². The lowest BCUT2D eigenvalue weighted by Gasteiger charge is -2.26. The molecular weight excluding hydrogens is 166 g/mol. The van der Waals surface area contributed by atoms with Crippen LogP contribution in [0.2, 0.25) is 0 Å². The molecule has 66 valence electrons. The molecule has 11 heavy (non-hydrogen) atoms. The maximum absolute atomic E-state index is 10.3. The Morgan fingerprint density at radius 1 is 1.45 bits per heavy atom. The standard InChI is InChI=1S/C7H13NO2.ClH/c1-8(6-7(9)10)4-2-3-5-8;/h2-6H2,1H3;1H/p+1.